The fourth-order valence-electron chi connectivity index (χ4n) is 3.62. The second-order valence-corrected chi connectivity index (χ2v) is 7.22. The van der Waals surface area contributed by atoms with Crippen LogP contribution in [-0.2, 0) is 13.1 Å². The second-order valence-electron chi connectivity index (χ2n) is 7.22. The Labute approximate surface area is 156 Å². The first-order valence-corrected chi connectivity index (χ1v) is 9.81. The number of benzene rings is 1. The van der Waals surface area contributed by atoms with Crippen LogP contribution in [0.2, 0.25) is 0 Å². The van der Waals surface area contributed by atoms with Crippen molar-refractivity contribution < 1.29 is 9.21 Å². The van der Waals surface area contributed by atoms with Gasteiger partial charge in [-0.2, -0.15) is 0 Å². The van der Waals surface area contributed by atoms with Crippen molar-refractivity contribution in [3.63, 3.8) is 0 Å². The summed E-state index contributed by atoms with van der Waals surface area (Å²) in [5.74, 6) is 1.78. The van der Waals surface area contributed by atoms with Gasteiger partial charge in [-0.1, -0.05) is 25.0 Å². The summed E-state index contributed by atoms with van der Waals surface area (Å²) in [6, 6.07) is 12.0. The molecule has 1 aliphatic rings. The van der Waals surface area contributed by atoms with Crippen molar-refractivity contribution in [2.24, 2.45) is 0 Å². The quantitative estimate of drug-likeness (QED) is 0.759. The van der Waals surface area contributed by atoms with E-state index in [9.17, 15) is 4.79 Å². The van der Waals surface area contributed by atoms with Crippen LogP contribution in [0.25, 0.3) is 0 Å². The molecule has 0 unspecified atom stereocenters. The van der Waals surface area contributed by atoms with Crippen molar-refractivity contribution in [1.29, 1.82) is 0 Å². The summed E-state index contributed by atoms with van der Waals surface area (Å²) in [4.78, 5) is 17.3. The molecular formula is C22H30N2O2. The fourth-order valence-corrected chi connectivity index (χ4v) is 3.62. The van der Waals surface area contributed by atoms with Crippen LogP contribution >= 0.6 is 0 Å². The SMILES string of the molecule is CCN(Cc1ccc(C)o1)C(=O)c1cccc(CN2CCCCCC2)c1. The predicted molar refractivity (Wildman–Crippen MR) is 104 cm³/mol. The molecule has 4 heteroatoms. The highest BCUT2D eigenvalue weighted by Gasteiger charge is 2.17. The zero-order chi connectivity index (χ0) is 18.4. The first kappa shape index (κ1) is 18.7. The Morgan fingerprint density at radius 3 is 2.54 bits per heavy atom. The van der Waals surface area contributed by atoms with E-state index in [1.54, 1.807) is 0 Å². The van der Waals surface area contributed by atoms with E-state index in [2.05, 4.69) is 17.0 Å². The standard InChI is InChI=1S/C22H30N2O2/c1-3-24(17-21-12-11-18(2)26-21)22(25)20-10-8-9-19(15-20)16-23-13-6-4-5-7-14-23/h8-12,15H,3-7,13-14,16-17H2,1-2H3. The third-order valence-corrected chi connectivity index (χ3v) is 5.09. The summed E-state index contributed by atoms with van der Waals surface area (Å²) in [5, 5.41) is 0. The molecule has 0 radical (unpaired) electrons. The third-order valence-electron chi connectivity index (χ3n) is 5.09. The maximum Gasteiger partial charge on any atom is 0.254 e. The second kappa shape index (κ2) is 9.04. The number of hydrogen-bond donors (Lipinski definition) is 0. The number of furan rings is 1. The van der Waals surface area contributed by atoms with Gasteiger partial charge in [0, 0.05) is 18.7 Å². The fraction of sp³-hybridized carbons (Fsp3) is 0.500. The third kappa shape index (κ3) is 4.98. The minimum atomic E-state index is 0.0688. The van der Waals surface area contributed by atoms with E-state index in [-0.39, 0.29) is 5.91 Å². The molecule has 1 aromatic carbocycles. The number of hydrogen-bond acceptors (Lipinski definition) is 3. The largest absolute Gasteiger partial charge is 0.464 e. The molecule has 1 aliphatic heterocycles. The van der Waals surface area contributed by atoms with Gasteiger partial charge in [-0.3, -0.25) is 9.69 Å². The number of aryl methyl sites for hydroxylation is 1. The number of nitrogens with zero attached hydrogens (tertiary/aromatic N) is 2. The molecule has 3 rings (SSSR count). The molecule has 0 atom stereocenters. The zero-order valence-corrected chi connectivity index (χ0v) is 16.0. The Morgan fingerprint density at radius 1 is 1.12 bits per heavy atom. The first-order chi connectivity index (χ1) is 12.7. The summed E-state index contributed by atoms with van der Waals surface area (Å²) in [6.07, 6.45) is 5.25. The van der Waals surface area contributed by atoms with Gasteiger partial charge in [0.05, 0.1) is 6.54 Å². The molecule has 26 heavy (non-hydrogen) atoms. The lowest BCUT2D eigenvalue weighted by molar-refractivity contribution is 0.0740. The van der Waals surface area contributed by atoms with E-state index >= 15 is 0 Å². The minimum absolute atomic E-state index is 0.0688. The van der Waals surface area contributed by atoms with Crippen molar-refractivity contribution in [1.82, 2.24) is 9.80 Å². The van der Waals surface area contributed by atoms with Crippen molar-refractivity contribution in [2.75, 3.05) is 19.6 Å². The van der Waals surface area contributed by atoms with Crippen molar-refractivity contribution in [3.8, 4) is 0 Å². The molecule has 2 heterocycles. The number of carbonyl (C=O) groups is 1. The van der Waals surface area contributed by atoms with E-state index < -0.39 is 0 Å². The van der Waals surface area contributed by atoms with Gasteiger partial charge in [0.15, 0.2) is 0 Å². The maximum atomic E-state index is 13.0. The van der Waals surface area contributed by atoms with Gasteiger partial charge >= 0.3 is 0 Å². The van der Waals surface area contributed by atoms with Gasteiger partial charge in [-0.15, -0.1) is 0 Å². The molecule has 1 saturated heterocycles. The molecule has 0 saturated carbocycles. The lowest BCUT2D eigenvalue weighted by Crippen LogP contribution is -2.30. The van der Waals surface area contributed by atoms with E-state index in [0.717, 1.165) is 36.7 Å². The average molecular weight is 354 g/mol. The number of likely N-dealkylation sites (tertiary alicyclic amines) is 1. The van der Waals surface area contributed by atoms with Crippen LogP contribution in [0.1, 0.15) is 60.0 Å². The Morgan fingerprint density at radius 2 is 1.88 bits per heavy atom. The summed E-state index contributed by atoms with van der Waals surface area (Å²) in [7, 11) is 0. The van der Waals surface area contributed by atoms with Crippen LogP contribution in [0.5, 0.6) is 0 Å². The smallest absolute Gasteiger partial charge is 0.254 e. The van der Waals surface area contributed by atoms with E-state index in [1.807, 2.05) is 43.0 Å². The highest BCUT2D eigenvalue weighted by molar-refractivity contribution is 5.94. The number of rotatable bonds is 6. The normalized spacial score (nSPS) is 15.6. The minimum Gasteiger partial charge on any atom is -0.464 e. The van der Waals surface area contributed by atoms with Gasteiger partial charge < -0.3 is 9.32 Å². The maximum absolute atomic E-state index is 13.0. The molecule has 1 fully saturated rings. The molecule has 140 valence electrons. The highest BCUT2D eigenvalue weighted by atomic mass is 16.3. The van der Waals surface area contributed by atoms with Crippen LogP contribution in [0.3, 0.4) is 0 Å². The van der Waals surface area contributed by atoms with Gasteiger partial charge in [-0.25, -0.2) is 0 Å². The van der Waals surface area contributed by atoms with Crippen molar-refractivity contribution in [3.05, 3.63) is 59.0 Å². The van der Waals surface area contributed by atoms with Crippen LogP contribution in [-0.4, -0.2) is 35.3 Å². The molecule has 1 aromatic heterocycles. The van der Waals surface area contributed by atoms with Crippen LogP contribution in [0.4, 0.5) is 0 Å². The topological polar surface area (TPSA) is 36.7 Å². The molecule has 0 aliphatic carbocycles. The van der Waals surface area contributed by atoms with Crippen molar-refractivity contribution in [2.45, 2.75) is 52.6 Å². The lowest BCUT2D eigenvalue weighted by Gasteiger charge is -2.22. The van der Waals surface area contributed by atoms with Gasteiger partial charge in [0.2, 0.25) is 0 Å². The van der Waals surface area contributed by atoms with E-state index in [1.165, 1.54) is 31.2 Å². The predicted octanol–water partition coefficient (Wildman–Crippen LogP) is 4.63. The number of amides is 1. The van der Waals surface area contributed by atoms with Crippen LogP contribution in [0.15, 0.2) is 40.8 Å². The molecule has 2 aromatic rings. The summed E-state index contributed by atoms with van der Waals surface area (Å²) in [5.41, 5.74) is 1.99. The Balaban J connectivity index is 1.67. The molecule has 1 amide bonds. The average Bonchev–Trinajstić information content (AvgIpc) is 2.89. The van der Waals surface area contributed by atoms with E-state index in [0.29, 0.717) is 13.1 Å². The molecule has 4 nitrogen and oxygen atoms in total. The Kier molecular flexibility index (Phi) is 6.51. The highest BCUT2D eigenvalue weighted by Crippen LogP contribution is 2.17. The summed E-state index contributed by atoms with van der Waals surface area (Å²) >= 11 is 0. The van der Waals surface area contributed by atoms with E-state index in [4.69, 9.17) is 4.42 Å². The monoisotopic (exact) mass is 354 g/mol. The summed E-state index contributed by atoms with van der Waals surface area (Å²) in [6.45, 7) is 8.37. The first-order valence-electron chi connectivity index (χ1n) is 9.81. The Hall–Kier alpha value is -2.07. The van der Waals surface area contributed by atoms with Gasteiger partial charge in [0.1, 0.15) is 11.5 Å². The summed E-state index contributed by atoms with van der Waals surface area (Å²) < 4.78 is 5.64. The molecule has 0 bridgehead atoms. The van der Waals surface area contributed by atoms with Gasteiger partial charge in [-0.05, 0) is 69.6 Å². The zero-order valence-electron chi connectivity index (χ0n) is 16.0. The molecule has 0 N–H and O–H groups in total. The Bertz CT molecular complexity index is 714. The number of carbonyl (C=O) groups excluding carboxylic acids is 1. The molecule has 0 spiro atoms. The van der Waals surface area contributed by atoms with Gasteiger partial charge in [0.25, 0.3) is 5.91 Å². The van der Waals surface area contributed by atoms with Crippen LogP contribution in [0, 0.1) is 6.92 Å². The van der Waals surface area contributed by atoms with Crippen molar-refractivity contribution >= 4 is 5.91 Å². The lowest BCUT2D eigenvalue weighted by atomic mass is 10.1. The van der Waals surface area contributed by atoms with Crippen LogP contribution < -0.4 is 0 Å². The molecular weight excluding hydrogens is 324 g/mol.